The lowest BCUT2D eigenvalue weighted by atomic mass is 10.2. The number of aldehydes is 1. The van der Waals surface area contributed by atoms with E-state index in [-0.39, 0.29) is 21.9 Å². The summed E-state index contributed by atoms with van der Waals surface area (Å²) in [6, 6.07) is 4.22. The van der Waals surface area contributed by atoms with E-state index in [9.17, 15) is 14.8 Å². The number of carbonyl (C=O) groups excluding carboxylic acids is 1. The van der Waals surface area contributed by atoms with Crippen LogP contribution in [0.15, 0.2) is 18.2 Å². The molecule has 0 saturated heterocycles. The number of hydrogen-bond donors (Lipinski definition) is 1. The van der Waals surface area contributed by atoms with Gasteiger partial charge in [-0.25, -0.2) is 4.84 Å². The van der Waals surface area contributed by atoms with Gasteiger partial charge in [0.2, 0.25) is 5.75 Å². The Morgan fingerprint density at radius 1 is 1.54 bits per heavy atom. The summed E-state index contributed by atoms with van der Waals surface area (Å²) in [4.78, 5) is 25.7. The Balaban J connectivity index is 3.23. The van der Waals surface area contributed by atoms with Crippen molar-refractivity contribution in [1.29, 1.82) is 0 Å². The van der Waals surface area contributed by atoms with Gasteiger partial charge in [-0.15, -0.1) is 0 Å². The van der Waals surface area contributed by atoms with Crippen LogP contribution in [0, 0.1) is 4.91 Å². The van der Waals surface area contributed by atoms with Crippen molar-refractivity contribution in [3.05, 3.63) is 28.7 Å². The van der Waals surface area contributed by atoms with Gasteiger partial charge in [0, 0.05) is 6.07 Å². The predicted octanol–water partition coefficient (Wildman–Crippen LogP) is 1.18. The van der Waals surface area contributed by atoms with Gasteiger partial charge in [0.05, 0.1) is 10.5 Å². The topological polar surface area (TPSA) is 66.6 Å². The van der Waals surface area contributed by atoms with Gasteiger partial charge in [-0.3, -0.25) is 4.79 Å². The third-order valence-corrected chi connectivity index (χ3v) is 1.54. The van der Waals surface area contributed by atoms with E-state index in [0.717, 1.165) is 0 Å². The Morgan fingerprint density at radius 2 is 2.23 bits per heavy atom. The standard InChI is InChI=1S/C8H7NO4/c1-13-9(12)7-4-2-3-6(5-10)8(7)11/h2-5H,1H3/p+1. The fourth-order valence-electron chi connectivity index (χ4n) is 0.889. The van der Waals surface area contributed by atoms with Gasteiger partial charge >= 0.3 is 5.69 Å². The zero-order valence-electron chi connectivity index (χ0n) is 6.93. The lowest BCUT2D eigenvalue weighted by Gasteiger charge is -1.95. The molecule has 0 spiro atoms. The summed E-state index contributed by atoms with van der Waals surface area (Å²) in [6.45, 7) is 0. The van der Waals surface area contributed by atoms with E-state index in [2.05, 4.69) is 4.84 Å². The summed E-state index contributed by atoms with van der Waals surface area (Å²) < 4.78 is 0. The molecule has 0 saturated carbocycles. The molecule has 5 nitrogen and oxygen atoms in total. The minimum Gasteiger partial charge on any atom is -0.501 e. The van der Waals surface area contributed by atoms with Crippen LogP contribution in [-0.2, 0) is 4.84 Å². The van der Waals surface area contributed by atoms with Crippen LogP contribution in [0.25, 0.3) is 0 Å². The molecule has 0 atom stereocenters. The molecular formula is C8H8NO4+. The maximum absolute atomic E-state index is 10.9. The van der Waals surface area contributed by atoms with E-state index >= 15 is 0 Å². The van der Waals surface area contributed by atoms with Crippen molar-refractivity contribution < 1.29 is 19.7 Å². The normalized spacial score (nSPS) is 9.31. The van der Waals surface area contributed by atoms with Crippen LogP contribution in [0.2, 0.25) is 0 Å². The van der Waals surface area contributed by atoms with Gasteiger partial charge in [0.1, 0.15) is 0 Å². The van der Waals surface area contributed by atoms with Crippen LogP contribution in [0.5, 0.6) is 5.75 Å². The van der Waals surface area contributed by atoms with Crippen LogP contribution in [0.1, 0.15) is 10.4 Å². The predicted molar refractivity (Wildman–Crippen MR) is 43.8 cm³/mol. The third-order valence-electron chi connectivity index (χ3n) is 1.54. The molecule has 1 aromatic rings. The first-order chi connectivity index (χ1) is 6.20. The molecule has 0 aliphatic carbocycles. The number of phenols is 1. The van der Waals surface area contributed by atoms with Crippen LogP contribution in [0.4, 0.5) is 5.69 Å². The molecule has 0 amide bonds. The smallest absolute Gasteiger partial charge is 0.358 e. The zero-order valence-corrected chi connectivity index (χ0v) is 6.93. The Labute approximate surface area is 74.1 Å². The third kappa shape index (κ3) is 1.64. The van der Waals surface area contributed by atoms with Crippen LogP contribution >= 0.6 is 0 Å². The number of rotatable bonds is 3. The Hall–Kier alpha value is -1.91. The fourth-order valence-corrected chi connectivity index (χ4v) is 0.889. The summed E-state index contributed by atoms with van der Waals surface area (Å²) in [7, 11) is 1.17. The number of para-hydroxylation sites is 1. The summed E-state index contributed by atoms with van der Waals surface area (Å²) in [5.74, 6) is -0.380. The van der Waals surface area contributed by atoms with Crippen LogP contribution in [0.3, 0.4) is 0 Å². The molecule has 0 aromatic heterocycles. The molecule has 0 bridgehead atoms. The summed E-state index contributed by atoms with van der Waals surface area (Å²) >= 11 is 0. The second kappa shape index (κ2) is 3.66. The van der Waals surface area contributed by atoms with Crippen LogP contribution in [-0.4, -0.2) is 23.4 Å². The average Bonchev–Trinajstić information content (AvgIpc) is 2.17. The SMILES string of the molecule is CO[N+](=O)c1cccc(C=O)c1O. The number of nitrogens with zero attached hydrogens (tertiary/aromatic N) is 1. The van der Waals surface area contributed by atoms with Crippen molar-refractivity contribution in [1.82, 2.24) is 0 Å². The Kier molecular flexibility index (Phi) is 2.59. The van der Waals surface area contributed by atoms with Crippen molar-refractivity contribution in [3.8, 4) is 5.75 Å². The zero-order chi connectivity index (χ0) is 9.84. The monoisotopic (exact) mass is 182 g/mol. The van der Waals surface area contributed by atoms with E-state index in [1.807, 2.05) is 0 Å². The molecule has 1 rings (SSSR count). The first-order valence-electron chi connectivity index (χ1n) is 3.49. The maximum Gasteiger partial charge on any atom is 0.358 e. The number of carbonyl (C=O) groups is 1. The van der Waals surface area contributed by atoms with Gasteiger partial charge in [0.25, 0.3) is 4.92 Å². The van der Waals surface area contributed by atoms with E-state index < -0.39 is 0 Å². The molecule has 13 heavy (non-hydrogen) atoms. The number of aromatic hydroxyl groups is 1. The Bertz CT molecular complexity index is 348. The van der Waals surface area contributed by atoms with Gasteiger partial charge in [-0.1, -0.05) is 6.07 Å². The van der Waals surface area contributed by atoms with Crippen molar-refractivity contribution in [2.45, 2.75) is 0 Å². The van der Waals surface area contributed by atoms with E-state index in [0.29, 0.717) is 6.29 Å². The second-order valence-corrected chi connectivity index (χ2v) is 2.27. The number of benzene rings is 1. The van der Waals surface area contributed by atoms with Crippen molar-refractivity contribution >= 4 is 12.0 Å². The van der Waals surface area contributed by atoms with Crippen LogP contribution < -0.4 is 0 Å². The highest BCUT2D eigenvalue weighted by Gasteiger charge is 2.22. The molecule has 0 radical (unpaired) electrons. The lowest BCUT2D eigenvalue weighted by Crippen LogP contribution is -1.99. The summed E-state index contributed by atoms with van der Waals surface area (Å²) in [6.07, 6.45) is 0.461. The maximum atomic E-state index is 10.9. The van der Waals surface area contributed by atoms with Gasteiger partial charge < -0.3 is 5.11 Å². The molecule has 0 aliphatic rings. The van der Waals surface area contributed by atoms with Gasteiger partial charge in [-0.2, -0.15) is 0 Å². The van der Waals surface area contributed by atoms with Gasteiger partial charge in [0.15, 0.2) is 13.4 Å². The molecule has 0 heterocycles. The van der Waals surface area contributed by atoms with Gasteiger partial charge in [-0.05, 0) is 6.07 Å². The first-order valence-corrected chi connectivity index (χ1v) is 3.49. The molecule has 1 aromatic carbocycles. The quantitative estimate of drug-likeness (QED) is 0.563. The molecule has 68 valence electrons. The molecule has 0 aliphatic heterocycles. The van der Waals surface area contributed by atoms with E-state index in [1.54, 1.807) is 0 Å². The number of hydrogen-bond acceptors (Lipinski definition) is 4. The minimum atomic E-state index is -0.380. The minimum absolute atomic E-state index is 0.0513. The highest BCUT2D eigenvalue weighted by Crippen LogP contribution is 2.28. The largest absolute Gasteiger partial charge is 0.501 e. The second-order valence-electron chi connectivity index (χ2n) is 2.27. The van der Waals surface area contributed by atoms with E-state index in [1.165, 1.54) is 25.3 Å². The highest BCUT2D eigenvalue weighted by atomic mass is 16.8. The number of phenolic OH excluding ortho intramolecular Hbond substituents is 1. The highest BCUT2D eigenvalue weighted by molar-refractivity contribution is 5.81. The summed E-state index contributed by atoms with van der Waals surface area (Å²) in [5.41, 5.74) is -0.0394. The first kappa shape index (κ1) is 9.18. The van der Waals surface area contributed by atoms with Crippen molar-refractivity contribution in [2.24, 2.45) is 0 Å². The molecule has 0 unspecified atom stereocenters. The molecule has 5 heteroatoms. The molecule has 1 N–H and O–H groups in total. The van der Waals surface area contributed by atoms with E-state index in [4.69, 9.17) is 0 Å². The molecular weight excluding hydrogens is 174 g/mol. The van der Waals surface area contributed by atoms with Crippen molar-refractivity contribution in [3.63, 3.8) is 0 Å². The fraction of sp³-hybridized carbons (Fsp3) is 0.125. The average molecular weight is 182 g/mol. The Morgan fingerprint density at radius 3 is 2.77 bits per heavy atom. The van der Waals surface area contributed by atoms with Crippen molar-refractivity contribution in [2.75, 3.05) is 7.11 Å². The summed E-state index contributed by atoms with van der Waals surface area (Å²) in [5, 5.41) is 9.34. The lowest BCUT2D eigenvalue weighted by molar-refractivity contribution is -0.736. The molecule has 0 fully saturated rings.